The molecule has 0 aromatic heterocycles. The lowest BCUT2D eigenvalue weighted by atomic mass is 10.1. The number of benzene rings is 1. The zero-order chi connectivity index (χ0) is 18.7. The molecule has 1 unspecified atom stereocenters. The Bertz CT molecular complexity index is 602. The average Bonchev–Trinajstić information content (AvgIpc) is 2.41. The van der Waals surface area contributed by atoms with Crippen LogP contribution in [-0.2, 0) is 11.2 Å². The second kappa shape index (κ2) is 7.48. The zero-order valence-corrected chi connectivity index (χ0v) is 15.7. The molecule has 1 rings (SSSR count). The number of primary amides is 1. The molecule has 0 saturated heterocycles. The molecule has 0 aliphatic rings. The topological polar surface area (TPSA) is 81.8 Å². The normalized spacial score (nSPS) is 13.5. The molecule has 3 N–H and O–H groups in total. The molecule has 136 valence electrons. The van der Waals surface area contributed by atoms with Gasteiger partial charge in [-0.3, -0.25) is 0 Å². The van der Waals surface area contributed by atoms with E-state index in [1.807, 2.05) is 33.9 Å². The van der Waals surface area contributed by atoms with E-state index >= 15 is 0 Å². The van der Waals surface area contributed by atoms with Crippen LogP contribution in [0.5, 0.6) is 5.75 Å². The van der Waals surface area contributed by atoms with E-state index in [-0.39, 0.29) is 22.8 Å². The highest BCUT2D eigenvalue weighted by atomic mass is 28.4. The lowest BCUT2D eigenvalue weighted by Crippen LogP contribution is -2.44. The third-order valence-electron chi connectivity index (χ3n) is 4.21. The molecule has 0 saturated carbocycles. The molecule has 1 atom stereocenters. The third kappa shape index (κ3) is 5.17. The Morgan fingerprint density at radius 1 is 1.29 bits per heavy atom. The number of carbonyl (C=O) groups is 1. The maximum absolute atomic E-state index is 14.3. The summed E-state index contributed by atoms with van der Waals surface area (Å²) in [5.74, 6) is -1.54. The monoisotopic (exact) mass is 361 g/mol. The number of carbonyl (C=O) groups excluding carboxylic acids is 1. The van der Waals surface area contributed by atoms with Crippen molar-refractivity contribution < 1.29 is 27.8 Å². The largest absolute Gasteiger partial charge is 0.541 e. The number of aliphatic hydroxyl groups excluding tert-OH is 1. The summed E-state index contributed by atoms with van der Waals surface area (Å²) in [6, 6.07) is 1.98. The predicted octanol–water partition coefficient (Wildman–Crippen LogP) is 3.35. The van der Waals surface area contributed by atoms with E-state index in [1.54, 1.807) is 0 Å². The van der Waals surface area contributed by atoms with Crippen molar-refractivity contribution in [3.63, 3.8) is 0 Å². The van der Waals surface area contributed by atoms with Gasteiger partial charge in [-0.05, 0) is 29.8 Å². The first-order valence-electron chi connectivity index (χ1n) is 7.61. The van der Waals surface area contributed by atoms with Crippen molar-refractivity contribution in [2.24, 2.45) is 5.73 Å². The molecule has 0 heterocycles. The second-order valence-electron chi connectivity index (χ2n) is 7.18. The molecule has 1 aromatic rings. The fourth-order valence-corrected chi connectivity index (χ4v) is 2.80. The standard InChI is InChI=1S/C16H25F2NO4Si/c1-16(2,3)24(4,5)23-14-8-12(17)10(7-13(14)18)6-11(9-20)22-15(19)21/h7-8,11,20H,6,9H2,1-5H3,(H2,19,21). The summed E-state index contributed by atoms with van der Waals surface area (Å²) in [6.07, 6.45) is -2.32. The Balaban J connectivity index is 3.03. The van der Waals surface area contributed by atoms with Crippen LogP contribution in [0.2, 0.25) is 18.1 Å². The summed E-state index contributed by atoms with van der Waals surface area (Å²) in [5.41, 5.74) is 4.84. The maximum atomic E-state index is 14.3. The molecule has 8 heteroatoms. The first-order chi connectivity index (χ1) is 10.9. The van der Waals surface area contributed by atoms with E-state index in [4.69, 9.17) is 15.3 Å². The number of amides is 1. The van der Waals surface area contributed by atoms with Gasteiger partial charge in [-0.15, -0.1) is 0 Å². The van der Waals surface area contributed by atoms with Gasteiger partial charge in [-0.2, -0.15) is 0 Å². The van der Waals surface area contributed by atoms with Crippen LogP contribution >= 0.6 is 0 Å². The number of halogens is 2. The first-order valence-corrected chi connectivity index (χ1v) is 10.5. The summed E-state index contributed by atoms with van der Waals surface area (Å²) in [7, 11) is -2.31. The van der Waals surface area contributed by atoms with Gasteiger partial charge in [0.05, 0.1) is 6.61 Å². The Morgan fingerprint density at radius 2 is 1.88 bits per heavy atom. The lowest BCUT2D eigenvalue weighted by molar-refractivity contribution is 0.0634. The van der Waals surface area contributed by atoms with Gasteiger partial charge in [-0.1, -0.05) is 20.8 Å². The van der Waals surface area contributed by atoms with Crippen LogP contribution in [0.1, 0.15) is 26.3 Å². The number of ether oxygens (including phenoxy) is 1. The summed E-state index contributed by atoms with van der Waals surface area (Å²) in [6.45, 7) is 9.30. The van der Waals surface area contributed by atoms with Gasteiger partial charge in [0.15, 0.2) is 5.82 Å². The van der Waals surface area contributed by atoms with E-state index in [9.17, 15) is 13.6 Å². The van der Waals surface area contributed by atoms with Crippen LogP contribution in [0.3, 0.4) is 0 Å². The molecule has 0 radical (unpaired) electrons. The van der Waals surface area contributed by atoms with Gasteiger partial charge >= 0.3 is 6.09 Å². The first kappa shape index (κ1) is 20.4. The lowest BCUT2D eigenvalue weighted by Gasteiger charge is -2.36. The van der Waals surface area contributed by atoms with Crippen LogP contribution in [0.15, 0.2) is 12.1 Å². The summed E-state index contributed by atoms with van der Waals surface area (Å²) in [5, 5.41) is 8.96. The van der Waals surface area contributed by atoms with E-state index in [2.05, 4.69) is 4.74 Å². The summed E-state index contributed by atoms with van der Waals surface area (Å²) >= 11 is 0. The summed E-state index contributed by atoms with van der Waals surface area (Å²) < 4.78 is 39.0. The van der Waals surface area contributed by atoms with Gasteiger partial charge in [0.25, 0.3) is 8.32 Å². The average molecular weight is 361 g/mol. The third-order valence-corrected chi connectivity index (χ3v) is 8.55. The predicted molar refractivity (Wildman–Crippen MR) is 89.4 cm³/mol. The Labute approximate surface area is 141 Å². The minimum absolute atomic E-state index is 0.0321. The van der Waals surface area contributed by atoms with Crippen molar-refractivity contribution in [2.75, 3.05) is 6.61 Å². The van der Waals surface area contributed by atoms with Crippen LogP contribution in [0, 0.1) is 11.6 Å². The zero-order valence-electron chi connectivity index (χ0n) is 14.7. The van der Waals surface area contributed by atoms with Crippen molar-refractivity contribution in [3.8, 4) is 5.75 Å². The molecule has 24 heavy (non-hydrogen) atoms. The molecule has 5 nitrogen and oxygen atoms in total. The minimum atomic E-state index is -2.31. The van der Waals surface area contributed by atoms with Gasteiger partial charge < -0.3 is 20.0 Å². The Hall–Kier alpha value is -1.67. The van der Waals surface area contributed by atoms with Gasteiger partial charge in [0.1, 0.15) is 17.7 Å². The highest BCUT2D eigenvalue weighted by Crippen LogP contribution is 2.38. The summed E-state index contributed by atoms with van der Waals surface area (Å²) in [4.78, 5) is 10.7. The van der Waals surface area contributed by atoms with Crippen LogP contribution in [0.25, 0.3) is 0 Å². The van der Waals surface area contributed by atoms with Crippen LogP contribution in [-0.4, -0.2) is 32.2 Å². The quantitative estimate of drug-likeness (QED) is 0.761. The number of hydrogen-bond donors (Lipinski definition) is 2. The fraction of sp³-hybridized carbons (Fsp3) is 0.562. The van der Waals surface area contributed by atoms with E-state index in [0.29, 0.717) is 0 Å². The molecule has 0 fully saturated rings. The number of rotatable bonds is 6. The van der Waals surface area contributed by atoms with Crippen molar-refractivity contribution in [3.05, 3.63) is 29.3 Å². The molecular weight excluding hydrogens is 336 g/mol. The van der Waals surface area contributed by atoms with Gasteiger partial charge in [0.2, 0.25) is 0 Å². The van der Waals surface area contributed by atoms with E-state index in [0.717, 1.165) is 12.1 Å². The smallest absolute Gasteiger partial charge is 0.404 e. The highest BCUT2D eigenvalue weighted by molar-refractivity contribution is 6.74. The number of hydrogen-bond acceptors (Lipinski definition) is 4. The Morgan fingerprint density at radius 3 is 2.33 bits per heavy atom. The van der Waals surface area contributed by atoms with Crippen molar-refractivity contribution in [1.82, 2.24) is 0 Å². The number of nitrogens with two attached hydrogens (primary N) is 1. The van der Waals surface area contributed by atoms with Gasteiger partial charge in [0, 0.05) is 12.5 Å². The second-order valence-corrected chi connectivity index (χ2v) is 11.9. The molecule has 0 bridgehead atoms. The van der Waals surface area contributed by atoms with Crippen LogP contribution < -0.4 is 10.2 Å². The Kier molecular flexibility index (Phi) is 6.35. The molecule has 1 amide bonds. The molecule has 1 aromatic carbocycles. The maximum Gasteiger partial charge on any atom is 0.404 e. The fourth-order valence-electron chi connectivity index (χ4n) is 1.79. The van der Waals surface area contributed by atoms with Gasteiger partial charge in [-0.25, -0.2) is 13.6 Å². The molecule has 0 aliphatic carbocycles. The molecule has 0 spiro atoms. The molecule has 0 aliphatic heterocycles. The van der Waals surface area contributed by atoms with E-state index in [1.165, 1.54) is 0 Å². The van der Waals surface area contributed by atoms with Crippen molar-refractivity contribution >= 4 is 14.4 Å². The van der Waals surface area contributed by atoms with E-state index < -0.39 is 38.8 Å². The molecular formula is C16H25F2NO4Si. The van der Waals surface area contributed by atoms with Crippen molar-refractivity contribution in [1.29, 1.82) is 0 Å². The minimum Gasteiger partial charge on any atom is -0.541 e. The van der Waals surface area contributed by atoms with Crippen LogP contribution in [0.4, 0.5) is 13.6 Å². The number of aliphatic hydroxyl groups is 1. The van der Waals surface area contributed by atoms with Crippen molar-refractivity contribution in [2.45, 2.75) is 51.4 Å². The highest BCUT2D eigenvalue weighted by Gasteiger charge is 2.39. The SMILES string of the molecule is CC(C)(C)[Si](C)(C)Oc1cc(F)c(CC(CO)OC(N)=O)cc1F.